The molecule has 42 heavy (non-hydrogen) atoms. The first-order valence-electron chi connectivity index (χ1n) is 15.1. The normalized spacial score (nSPS) is 24.1. The Morgan fingerprint density at radius 3 is 2.29 bits per heavy atom. The van der Waals surface area contributed by atoms with Crippen molar-refractivity contribution in [2.24, 2.45) is 5.41 Å². The van der Waals surface area contributed by atoms with E-state index in [4.69, 9.17) is 14.2 Å². The van der Waals surface area contributed by atoms with Gasteiger partial charge >= 0.3 is 6.09 Å². The Morgan fingerprint density at radius 2 is 1.71 bits per heavy atom. The number of carbonyl (C=O) groups is 1. The summed E-state index contributed by atoms with van der Waals surface area (Å²) >= 11 is 0. The Kier molecular flexibility index (Phi) is 6.95. The summed E-state index contributed by atoms with van der Waals surface area (Å²) < 4.78 is 26.6. The van der Waals surface area contributed by atoms with Gasteiger partial charge in [0.05, 0.1) is 11.8 Å². The van der Waals surface area contributed by atoms with E-state index in [1.165, 1.54) is 6.20 Å². The third-order valence-corrected chi connectivity index (χ3v) is 9.37. The van der Waals surface area contributed by atoms with Crippen molar-refractivity contribution in [3.05, 3.63) is 59.6 Å². The Balaban J connectivity index is 1.27. The van der Waals surface area contributed by atoms with Crippen LogP contribution in [0.25, 0.3) is 11.1 Å². The van der Waals surface area contributed by atoms with E-state index in [9.17, 15) is 9.90 Å². The van der Waals surface area contributed by atoms with Crippen molar-refractivity contribution in [2.45, 2.75) is 109 Å². The third-order valence-electron chi connectivity index (χ3n) is 9.37. The molecule has 1 aromatic carbocycles. The fourth-order valence-electron chi connectivity index (χ4n) is 6.53. The summed E-state index contributed by atoms with van der Waals surface area (Å²) in [5, 5.41) is 14.7. The van der Waals surface area contributed by atoms with E-state index in [0.717, 1.165) is 68.6 Å². The predicted octanol–water partition coefficient (Wildman–Crippen LogP) is 7.41. The molecular weight excluding hydrogens is 535 g/mol. The highest BCUT2D eigenvalue weighted by Gasteiger charge is 2.53. The summed E-state index contributed by atoms with van der Waals surface area (Å²) in [7, 11) is 0. The summed E-state index contributed by atoms with van der Waals surface area (Å²) in [6.45, 7) is 9.37. The van der Waals surface area contributed by atoms with Crippen molar-refractivity contribution in [3.63, 3.8) is 0 Å². The average Bonchev–Trinajstić information content (AvgIpc) is 3.67. The lowest BCUT2D eigenvalue weighted by Gasteiger charge is -2.53. The minimum atomic E-state index is -1.01. The van der Waals surface area contributed by atoms with E-state index in [1.807, 2.05) is 20.8 Å². The van der Waals surface area contributed by atoms with Crippen LogP contribution in [0.3, 0.4) is 0 Å². The van der Waals surface area contributed by atoms with Gasteiger partial charge < -0.3 is 14.4 Å². The number of hydrogen-bond acceptors (Lipinski definition) is 7. The zero-order chi connectivity index (χ0) is 29.9. The highest BCUT2D eigenvalue weighted by molar-refractivity contribution is 5.88. The van der Waals surface area contributed by atoms with Gasteiger partial charge in [0.2, 0.25) is 5.89 Å². The van der Waals surface area contributed by atoms with Crippen LogP contribution >= 0.6 is 0 Å². The molecule has 0 aliphatic heterocycles. The lowest BCUT2D eigenvalue weighted by molar-refractivity contribution is 0.0304. The van der Waals surface area contributed by atoms with E-state index < -0.39 is 23.1 Å². The molecular formula is C33H41FN4O4. The van der Waals surface area contributed by atoms with Crippen LogP contribution in [0.15, 0.2) is 41.1 Å². The standard InChI is InChI=1S/C33H41FN4O4/c1-30(2,3)41-29(39)38(26-18-24(25(34)19-35-26)21-8-10-23(11-9-21)31(4,5)40)20-32-12-15-33(16-13-32,17-14-32)28-36-27(42-37-28)22-6-7-22/h8-11,18-19,22,40H,6-7,12-17,20H2,1-5H3. The van der Waals surface area contributed by atoms with E-state index >= 15 is 4.39 Å². The number of aliphatic hydroxyl groups is 1. The average molecular weight is 577 g/mol. The number of ether oxygens (including phenoxy) is 1. The Hall–Kier alpha value is -3.33. The molecule has 8 nitrogen and oxygen atoms in total. The molecule has 2 heterocycles. The Morgan fingerprint density at radius 1 is 1.07 bits per heavy atom. The van der Waals surface area contributed by atoms with Crippen LogP contribution in [0.4, 0.5) is 15.0 Å². The zero-order valence-electron chi connectivity index (χ0n) is 25.2. The van der Waals surface area contributed by atoms with Crippen LogP contribution in [0.2, 0.25) is 0 Å². The van der Waals surface area contributed by atoms with E-state index in [1.54, 1.807) is 49.1 Å². The van der Waals surface area contributed by atoms with Crippen molar-refractivity contribution >= 4 is 11.9 Å². The van der Waals surface area contributed by atoms with Gasteiger partial charge in [-0.05, 0) is 109 Å². The highest BCUT2D eigenvalue weighted by Crippen LogP contribution is 2.58. The summed E-state index contributed by atoms with van der Waals surface area (Å²) in [6, 6.07) is 8.75. The Labute approximate surface area is 246 Å². The van der Waals surface area contributed by atoms with Crippen molar-refractivity contribution in [1.29, 1.82) is 0 Å². The van der Waals surface area contributed by atoms with E-state index in [0.29, 0.717) is 29.4 Å². The molecule has 3 aromatic rings. The molecule has 0 radical (unpaired) electrons. The molecule has 2 bridgehead atoms. The van der Waals surface area contributed by atoms with E-state index in [2.05, 4.69) is 10.1 Å². The molecule has 4 saturated carbocycles. The lowest BCUT2D eigenvalue weighted by Crippen LogP contribution is -2.51. The molecule has 4 aliphatic rings. The summed E-state index contributed by atoms with van der Waals surface area (Å²) in [5.41, 5.74) is -0.174. The number of halogens is 1. The first-order valence-corrected chi connectivity index (χ1v) is 15.1. The number of pyridine rings is 1. The van der Waals surface area contributed by atoms with Gasteiger partial charge in [-0.15, -0.1) is 0 Å². The van der Waals surface area contributed by atoms with Gasteiger partial charge in [-0.3, -0.25) is 4.90 Å². The van der Waals surface area contributed by atoms with Gasteiger partial charge in [-0.2, -0.15) is 4.98 Å². The molecule has 1 N–H and O–H groups in total. The summed E-state index contributed by atoms with van der Waals surface area (Å²) in [4.78, 5) is 24.4. The quantitative estimate of drug-likeness (QED) is 0.312. The first kappa shape index (κ1) is 28.8. The molecule has 224 valence electrons. The van der Waals surface area contributed by atoms with Crippen LogP contribution in [0.5, 0.6) is 0 Å². The zero-order valence-corrected chi connectivity index (χ0v) is 25.2. The lowest BCUT2D eigenvalue weighted by atomic mass is 9.53. The fourth-order valence-corrected chi connectivity index (χ4v) is 6.53. The molecule has 7 rings (SSSR count). The SMILES string of the molecule is CC(C)(C)OC(=O)N(CC12CCC(c3noc(C4CC4)n3)(CC1)CC2)c1cc(-c2ccc(C(C)(C)O)cc2)c(F)cn1. The molecule has 4 fully saturated rings. The predicted molar refractivity (Wildman–Crippen MR) is 157 cm³/mol. The van der Waals surface area contributed by atoms with Gasteiger partial charge in [-0.25, -0.2) is 14.2 Å². The smallest absolute Gasteiger partial charge is 0.416 e. The molecule has 1 amide bonds. The number of amides is 1. The van der Waals surface area contributed by atoms with Crippen molar-refractivity contribution in [2.75, 3.05) is 11.4 Å². The van der Waals surface area contributed by atoms with Gasteiger partial charge in [0, 0.05) is 23.4 Å². The summed E-state index contributed by atoms with van der Waals surface area (Å²) in [5.74, 6) is 1.94. The van der Waals surface area contributed by atoms with Gasteiger partial charge in [0.1, 0.15) is 17.2 Å². The Bertz CT molecular complexity index is 1440. The topological polar surface area (TPSA) is 102 Å². The third kappa shape index (κ3) is 5.68. The first-order chi connectivity index (χ1) is 19.8. The molecule has 9 heteroatoms. The van der Waals surface area contributed by atoms with Gasteiger partial charge in [-0.1, -0.05) is 29.4 Å². The minimum Gasteiger partial charge on any atom is -0.443 e. The van der Waals surface area contributed by atoms with Crippen molar-refractivity contribution in [1.82, 2.24) is 15.1 Å². The van der Waals surface area contributed by atoms with Crippen LogP contribution < -0.4 is 4.90 Å². The second-order valence-electron chi connectivity index (χ2n) is 14.2. The second-order valence-corrected chi connectivity index (χ2v) is 14.2. The summed E-state index contributed by atoms with van der Waals surface area (Å²) in [6.07, 6.45) is 8.52. The minimum absolute atomic E-state index is 0.0638. The number of fused-ring (bicyclic) bond motifs is 3. The monoisotopic (exact) mass is 576 g/mol. The number of aromatic nitrogens is 3. The second kappa shape index (κ2) is 10.1. The number of carbonyl (C=O) groups excluding carboxylic acids is 1. The molecule has 4 aliphatic carbocycles. The molecule has 0 atom stereocenters. The van der Waals surface area contributed by atoms with Gasteiger partial charge in [0.15, 0.2) is 5.82 Å². The van der Waals surface area contributed by atoms with Crippen molar-refractivity contribution in [3.8, 4) is 11.1 Å². The van der Waals surface area contributed by atoms with Crippen LogP contribution in [-0.2, 0) is 15.8 Å². The number of hydrogen-bond donors (Lipinski definition) is 1. The van der Waals surface area contributed by atoms with Gasteiger partial charge in [0.25, 0.3) is 0 Å². The number of benzene rings is 1. The molecule has 2 aromatic heterocycles. The maximum absolute atomic E-state index is 15.1. The van der Waals surface area contributed by atoms with Crippen LogP contribution in [0.1, 0.15) is 109 Å². The largest absolute Gasteiger partial charge is 0.443 e. The maximum Gasteiger partial charge on any atom is 0.416 e. The highest BCUT2D eigenvalue weighted by atomic mass is 19.1. The molecule has 0 saturated heterocycles. The number of rotatable bonds is 7. The molecule has 0 unspecified atom stereocenters. The van der Waals surface area contributed by atoms with E-state index in [-0.39, 0.29) is 10.8 Å². The maximum atomic E-state index is 15.1. The molecule has 0 spiro atoms. The number of nitrogens with zero attached hydrogens (tertiary/aromatic N) is 4. The van der Waals surface area contributed by atoms with Crippen molar-refractivity contribution < 1.29 is 23.6 Å². The van der Waals surface area contributed by atoms with Crippen LogP contribution in [-0.4, -0.2) is 38.5 Å². The fraction of sp³-hybridized carbons (Fsp3) is 0.576. The van der Waals surface area contributed by atoms with Crippen LogP contribution in [0, 0.1) is 11.2 Å². The number of anilines is 1.